The lowest BCUT2D eigenvalue weighted by Crippen LogP contribution is -2.10. The van der Waals surface area contributed by atoms with Gasteiger partial charge in [0.05, 0.1) is 25.8 Å². The van der Waals surface area contributed by atoms with E-state index in [-0.39, 0.29) is 0 Å². The molecule has 19 heavy (non-hydrogen) atoms. The van der Waals surface area contributed by atoms with Crippen molar-refractivity contribution < 1.29 is 19.3 Å². The van der Waals surface area contributed by atoms with Gasteiger partial charge in [-0.3, -0.25) is 0 Å². The summed E-state index contributed by atoms with van der Waals surface area (Å²) in [5.74, 6) is 1.49. The zero-order valence-corrected chi connectivity index (χ0v) is 11.7. The van der Waals surface area contributed by atoms with Crippen molar-refractivity contribution in [3.05, 3.63) is 34.6 Å². The summed E-state index contributed by atoms with van der Waals surface area (Å²) >= 11 is 6.26. The van der Waals surface area contributed by atoms with Gasteiger partial charge in [-0.25, -0.2) is 0 Å². The molecule has 4 nitrogen and oxygen atoms in total. The van der Waals surface area contributed by atoms with Crippen molar-refractivity contribution in [3.8, 4) is 11.5 Å². The Morgan fingerprint density at radius 2 is 2.11 bits per heavy atom. The summed E-state index contributed by atoms with van der Waals surface area (Å²) in [4.78, 5) is 0. The van der Waals surface area contributed by atoms with Gasteiger partial charge in [0.25, 0.3) is 0 Å². The minimum absolute atomic E-state index is 0.337. The van der Waals surface area contributed by atoms with Crippen LogP contribution in [0.2, 0.25) is 5.02 Å². The van der Waals surface area contributed by atoms with Crippen LogP contribution in [-0.2, 0) is 4.74 Å². The fourth-order valence-corrected chi connectivity index (χ4v) is 2.37. The molecule has 1 unspecified atom stereocenters. The van der Waals surface area contributed by atoms with Crippen LogP contribution < -0.4 is 9.47 Å². The number of benzene rings is 1. The Hall–Kier alpha value is -1.39. The Morgan fingerprint density at radius 1 is 1.32 bits per heavy atom. The van der Waals surface area contributed by atoms with Gasteiger partial charge in [-0.15, -0.1) is 0 Å². The molecule has 2 rings (SSSR count). The van der Waals surface area contributed by atoms with E-state index < -0.39 is 6.10 Å². The average Bonchev–Trinajstić information content (AvgIpc) is 2.47. The quantitative estimate of drug-likeness (QED) is 0.923. The Bertz CT molecular complexity index is 485. The second-order valence-electron chi connectivity index (χ2n) is 4.20. The monoisotopic (exact) mass is 284 g/mol. The van der Waals surface area contributed by atoms with Gasteiger partial charge in [0, 0.05) is 5.56 Å². The van der Waals surface area contributed by atoms with Crippen LogP contribution in [0.1, 0.15) is 24.5 Å². The van der Waals surface area contributed by atoms with Gasteiger partial charge in [-0.05, 0) is 25.0 Å². The first kappa shape index (κ1) is 14.0. The molecule has 1 atom stereocenters. The number of methoxy groups -OCH3 is 2. The third-order valence-corrected chi connectivity index (χ3v) is 3.43. The lowest BCUT2D eigenvalue weighted by molar-refractivity contribution is 0.0917. The molecule has 0 saturated heterocycles. The zero-order valence-electron chi connectivity index (χ0n) is 11.0. The molecule has 0 aliphatic carbocycles. The second-order valence-corrected chi connectivity index (χ2v) is 4.58. The maximum atomic E-state index is 10.3. The van der Waals surface area contributed by atoms with E-state index in [1.54, 1.807) is 12.1 Å². The molecule has 1 aliphatic rings. The van der Waals surface area contributed by atoms with Crippen LogP contribution in [-0.4, -0.2) is 25.9 Å². The first-order valence-corrected chi connectivity index (χ1v) is 6.48. The molecule has 104 valence electrons. The van der Waals surface area contributed by atoms with Crippen molar-refractivity contribution in [2.45, 2.75) is 18.9 Å². The van der Waals surface area contributed by atoms with Crippen LogP contribution in [0.25, 0.3) is 0 Å². The van der Waals surface area contributed by atoms with Gasteiger partial charge in [0.2, 0.25) is 0 Å². The Morgan fingerprint density at radius 3 is 2.68 bits per heavy atom. The summed E-state index contributed by atoms with van der Waals surface area (Å²) in [5.41, 5.74) is 0.549. The topological polar surface area (TPSA) is 47.9 Å². The zero-order chi connectivity index (χ0) is 13.8. The second kappa shape index (κ2) is 6.17. The van der Waals surface area contributed by atoms with Crippen molar-refractivity contribution in [1.82, 2.24) is 0 Å². The highest BCUT2D eigenvalue weighted by molar-refractivity contribution is 6.33. The number of aliphatic hydroxyl groups is 1. The maximum absolute atomic E-state index is 10.3. The van der Waals surface area contributed by atoms with Crippen LogP contribution in [0.15, 0.2) is 24.0 Å². The average molecular weight is 285 g/mol. The largest absolute Gasteiger partial charge is 0.495 e. The minimum atomic E-state index is -0.882. The number of hydrogen-bond donors (Lipinski definition) is 1. The van der Waals surface area contributed by atoms with Crippen LogP contribution >= 0.6 is 11.6 Å². The van der Waals surface area contributed by atoms with Crippen molar-refractivity contribution in [1.29, 1.82) is 0 Å². The van der Waals surface area contributed by atoms with E-state index in [2.05, 4.69) is 0 Å². The Labute approximate surface area is 117 Å². The molecule has 0 bridgehead atoms. The van der Waals surface area contributed by atoms with Crippen LogP contribution in [0.4, 0.5) is 0 Å². The highest BCUT2D eigenvalue weighted by Crippen LogP contribution is 2.41. The fourth-order valence-electron chi connectivity index (χ4n) is 2.04. The maximum Gasteiger partial charge on any atom is 0.179 e. The molecular weight excluding hydrogens is 268 g/mol. The van der Waals surface area contributed by atoms with Crippen molar-refractivity contribution in [3.63, 3.8) is 0 Å². The number of halogens is 1. The molecule has 0 spiro atoms. The molecular formula is C14H17ClO4. The lowest BCUT2D eigenvalue weighted by Gasteiger charge is -2.22. The summed E-state index contributed by atoms with van der Waals surface area (Å²) in [6, 6.07) is 3.43. The van der Waals surface area contributed by atoms with Crippen molar-refractivity contribution in [2.75, 3.05) is 20.8 Å². The Balaban J connectivity index is 2.37. The number of aliphatic hydroxyl groups excluding tert-OH is 1. The summed E-state index contributed by atoms with van der Waals surface area (Å²) in [5, 5.41) is 10.7. The van der Waals surface area contributed by atoms with Gasteiger partial charge < -0.3 is 19.3 Å². The molecule has 0 radical (unpaired) electrons. The summed E-state index contributed by atoms with van der Waals surface area (Å²) < 4.78 is 15.8. The predicted molar refractivity (Wildman–Crippen MR) is 72.8 cm³/mol. The summed E-state index contributed by atoms with van der Waals surface area (Å²) in [7, 11) is 3.05. The van der Waals surface area contributed by atoms with Crippen LogP contribution in [0.5, 0.6) is 11.5 Å². The molecule has 1 heterocycles. The number of allylic oxidation sites excluding steroid dienone is 1. The normalized spacial score (nSPS) is 16.3. The molecule has 5 heteroatoms. The van der Waals surface area contributed by atoms with E-state index >= 15 is 0 Å². The van der Waals surface area contributed by atoms with Gasteiger partial charge in [0.15, 0.2) is 11.5 Å². The first-order chi connectivity index (χ1) is 9.19. The molecule has 1 N–H and O–H groups in total. The van der Waals surface area contributed by atoms with E-state index in [9.17, 15) is 5.11 Å². The van der Waals surface area contributed by atoms with Crippen LogP contribution in [0.3, 0.4) is 0 Å². The van der Waals surface area contributed by atoms with E-state index in [4.69, 9.17) is 25.8 Å². The predicted octanol–water partition coefficient (Wildman–Crippen LogP) is 3.08. The smallest absolute Gasteiger partial charge is 0.179 e. The Kier molecular flexibility index (Phi) is 4.56. The van der Waals surface area contributed by atoms with Crippen molar-refractivity contribution >= 4 is 11.6 Å². The van der Waals surface area contributed by atoms with Gasteiger partial charge in [-0.1, -0.05) is 17.7 Å². The lowest BCUT2D eigenvalue weighted by atomic mass is 10.0. The highest BCUT2D eigenvalue weighted by Gasteiger charge is 2.23. The van der Waals surface area contributed by atoms with Gasteiger partial charge in [0.1, 0.15) is 11.9 Å². The first-order valence-electron chi connectivity index (χ1n) is 6.10. The van der Waals surface area contributed by atoms with Crippen molar-refractivity contribution in [2.24, 2.45) is 0 Å². The van der Waals surface area contributed by atoms with E-state index in [0.717, 1.165) is 12.8 Å². The molecule has 1 aromatic rings. The summed E-state index contributed by atoms with van der Waals surface area (Å²) in [6.07, 6.45) is 2.88. The molecule has 0 aromatic heterocycles. The third-order valence-electron chi connectivity index (χ3n) is 3.04. The van der Waals surface area contributed by atoms with E-state index in [0.29, 0.717) is 34.5 Å². The van der Waals surface area contributed by atoms with Crippen LogP contribution in [0, 0.1) is 0 Å². The number of rotatable bonds is 4. The number of hydrogen-bond acceptors (Lipinski definition) is 4. The number of ether oxygens (including phenoxy) is 3. The molecule has 1 aromatic carbocycles. The molecule has 0 saturated carbocycles. The highest BCUT2D eigenvalue weighted by atomic mass is 35.5. The van der Waals surface area contributed by atoms with Gasteiger partial charge in [-0.2, -0.15) is 0 Å². The standard InChI is InChI=1S/C14H17ClO4/c1-17-11-7-6-9(12(15)14(11)18-2)13(16)10-5-3-4-8-19-10/h5-7,13,16H,3-4,8H2,1-2H3. The van der Waals surface area contributed by atoms with E-state index in [1.807, 2.05) is 6.08 Å². The molecule has 0 fully saturated rings. The molecule has 0 amide bonds. The summed E-state index contributed by atoms with van der Waals surface area (Å²) in [6.45, 7) is 0.619. The van der Waals surface area contributed by atoms with Gasteiger partial charge >= 0.3 is 0 Å². The van der Waals surface area contributed by atoms with E-state index in [1.165, 1.54) is 14.2 Å². The SMILES string of the molecule is COc1ccc(C(O)C2=CCCCO2)c(Cl)c1OC. The third kappa shape index (κ3) is 2.80. The minimum Gasteiger partial charge on any atom is -0.495 e. The fraction of sp³-hybridized carbons (Fsp3) is 0.429. The molecule has 1 aliphatic heterocycles.